The van der Waals surface area contributed by atoms with Gasteiger partial charge in [-0.15, -0.1) is 0 Å². The van der Waals surface area contributed by atoms with E-state index >= 15 is 0 Å². The highest BCUT2D eigenvalue weighted by atomic mass is 16.5. The van der Waals surface area contributed by atoms with Crippen molar-refractivity contribution in [2.75, 3.05) is 5.73 Å². The van der Waals surface area contributed by atoms with Gasteiger partial charge >= 0.3 is 0 Å². The lowest BCUT2D eigenvalue weighted by Gasteiger charge is -2.03. The highest BCUT2D eigenvalue weighted by molar-refractivity contribution is 5.74. The molecule has 106 valence electrons. The molecule has 2 aromatic heterocycles. The fourth-order valence-corrected chi connectivity index (χ4v) is 2.45. The molecule has 0 saturated carbocycles. The second-order valence-corrected chi connectivity index (χ2v) is 5.10. The maximum Gasteiger partial charge on any atom is 0.175 e. The standard InChI is InChI=1S/C17H17N3O/c1-12-4-2-5-13(10-12)7-8-15-16(17(18)20-21-15)14-6-3-9-19-11-14/h2-6,9-11H,7-8H2,1H3,(H2,18,20). The number of benzene rings is 1. The predicted molar refractivity (Wildman–Crippen MR) is 82.7 cm³/mol. The number of nitrogen functional groups attached to an aromatic ring is 1. The summed E-state index contributed by atoms with van der Waals surface area (Å²) < 4.78 is 5.40. The lowest BCUT2D eigenvalue weighted by Crippen LogP contribution is -1.94. The van der Waals surface area contributed by atoms with Gasteiger partial charge < -0.3 is 10.3 Å². The van der Waals surface area contributed by atoms with Gasteiger partial charge in [0.2, 0.25) is 0 Å². The second-order valence-electron chi connectivity index (χ2n) is 5.10. The molecule has 0 aliphatic rings. The summed E-state index contributed by atoms with van der Waals surface area (Å²) in [4.78, 5) is 4.13. The van der Waals surface area contributed by atoms with Crippen molar-refractivity contribution in [1.82, 2.24) is 10.1 Å². The number of hydrogen-bond acceptors (Lipinski definition) is 4. The van der Waals surface area contributed by atoms with Crippen LogP contribution in [0.15, 0.2) is 53.3 Å². The molecule has 0 radical (unpaired) electrons. The van der Waals surface area contributed by atoms with Gasteiger partial charge in [0, 0.05) is 24.4 Å². The third kappa shape index (κ3) is 2.94. The van der Waals surface area contributed by atoms with Gasteiger partial charge in [0.05, 0.1) is 5.56 Å². The molecule has 3 aromatic rings. The van der Waals surface area contributed by atoms with Crippen LogP contribution >= 0.6 is 0 Å². The number of nitrogens with two attached hydrogens (primary N) is 1. The van der Waals surface area contributed by atoms with E-state index in [1.54, 1.807) is 12.4 Å². The third-order valence-corrected chi connectivity index (χ3v) is 3.46. The fourth-order valence-electron chi connectivity index (χ4n) is 2.45. The third-order valence-electron chi connectivity index (χ3n) is 3.46. The van der Waals surface area contributed by atoms with Crippen molar-refractivity contribution in [3.05, 3.63) is 65.7 Å². The van der Waals surface area contributed by atoms with Gasteiger partial charge in [-0.1, -0.05) is 41.1 Å². The minimum Gasteiger partial charge on any atom is -0.380 e. The van der Waals surface area contributed by atoms with Crippen molar-refractivity contribution in [2.24, 2.45) is 0 Å². The molecule has 0 bridgehead atoms. The van der Waals surface area contributed by atoms with Gasteiger partial charge in [0.15, 0.2) is 5.82 Å². The van der Waals surface area contributed by atoms with Gasteiger partial charge in [-0.25, -0.2) is 0 Å². The number of rotatable bonds is 4. The van der Waals surface area contributed by atoms with Crippen LogP contribution in [0.4, 0.5) is 5.82 Å². The number of hydrogen-bond donors (Lipinski definition) is 1. The molecule has 0 spiro atoms. The molecule has 0 atom stereocenters. The van der Waals surface area contributed by atoms with E-state index in [-0.39, 0.29) is 0 Å². The largest absolute Gasteiger partial charge is 0.380 e. The first kappa shape index (κ1) is 13.4. The molecule has 21 heavy (non-hydrogen) atoms. The van der Waals surface area contributed by atoms with Crippen LogP contribution in [0.25, 0.3) is 11.1 Å². The molecular formula is C17H17N3O. The zero-order valence-electron chi connectivity index (χ0n) is 11.9. The van der Waals surface area contributed by atoms with Gasteiger partial charge in [0.1, 0.15) is 5.76 Å². The Morgan fingerprint density at radius 3 is 2.81 bits per heavy atom. The van der Waals surface area contributed by atoms with Crippen LogP contribution in [0.1, 0.15) is 16.9 Å². The number of aromatic nitrogens is 2. The molecule has 0 saturated heterocycles. The van der Waals surface area contributed by atoms with E-state index in [1.165, 1.54) is 11.1 Å². The van der Waals surface area contributed by atoms with Gasteiger partial charge in [-0.05, 0) is 25.0 Å². The predicted octanol–water partition coefficient (Wildman–Crippen LogP) is 3.41. The topological polar surface area (TPSA) is 64.9 Å². The van der Waals surface area contributed by atoms with E-state index in [1.807, 2.05) is 12.1 Å². The number of nitrogens with zero attached hydrogens (tertiary/aromatic N) is 2. The summed E-state index contributed by atoms with van der Waals surface area (Å²) in [7, 11) is 0. The Labute approximate surface area is 123 Å². The van der Waals surface area contributed by atoms with Gasteiger partial charge in [-0.3, -0.25) is 4.98 Å². The highest BCUT2D eigenvalue weighted by Crippen LogP contribution is 2.29. The molecule has 0 aliphatic carbocycles. The normalized spacial score (nSPS) is 10.7. The van der Waals surface area contributed by atoms with E-state index in [9.17, 15) is 0 Å². The molecule has 0 amide bonds. The maximum absolute atomic E-state index is 5.93. The van der Waals surface area contributed by atoms with Crippen molar-refractivity contribution >= 4 is 5.82 Å². The molecule has 0 aliphatic heterocycles. The van der Waals surface area contributed by atoms with E-state index in [4.69, 9.17) is 10.3 Å². The molecule has 1 aromatic carbocycles. The monoisotopic (exact) mass is 279 g/mol. The minimum absolute atomic E-state index is 0.419. The van der Waals surface area contributed by atoms with Crippen LogP contribution < -0.4 is 5.73 Å². The Balaban J connectivity index is 1.84. The van der Waals surface area contributed by atoms with Crippen molar-refractivity contribution in [3.8, 4) is 11.1 Å². The zero-order chi connectivity index (χ0) is 14.7. The second kappa shape index (κ2) is 5.79. The highest BCUT2D eigenvalue weighted by Gasteiger charge is 2.15. The average Bonchev–Trinajstić information content (AvgIpc) is 2.87. The van der Waals surface area contributed by atoms with Crippen molar-refractivity contribution in [1.29, 1.82) is 0 Å². The molecule has 0 unspecified atom stereocenters. The van der Waals surface area contributed by atoms with E-state index in [2.05, 4.69) is 41.3 Å². The van der Waals surface area contributed by atoms with Gasteiger partial charge in [-0.2, -0.15) is 0 Å². The lowest BCUT2D eigenvalue weighted by atomic mass is 10.0. The molecule has 3 rings (SSSR count). The van der Waals surface area contributed by atoms with Crippen molar-refractivity contribution < 1.29 is 4.52 Å². The molecule has 2 heterocycles. The SMILES string of the molecule is Cc1cccc(CCc2onc(N)c2-c2cccnc2)c1. The van der Waals surface area contributed by atoms with Crippen LogP contribution in [-0.4, -0.2) is 10.1 Å². The van der Waals surface area contributed by atoms with Crippen LogP contribution in [0.5, 0.6) is 0 Å². The lowest BCUT2D eigenvalue weighted by molar-refractivity contribution is 0.386. The summed E-state index contributed by atoms with van der Waals surface area (Å²) in [6.45, 7) is 2.09. The Morgan fingerprint density at radius 2 is 2.05 bits per heavy atom. The number of aryl methyl sites for hydroxylation is 3. The van der Waals surface area contributed by atoms with E-state index < -0.39 is 0 Å². The molecule has 2 N–H and O–H groups in total. The molecule has 0 fully saturated rings. The fraction of sp³-hybridized carbons (Fsp3) is 0.176. The van der Waals surface area contributed by atoms with Crippen molar-refractivity contribution in [2.45, 2.75) is 19.8 Å². The minimum atomic E-state index is 0.419. The van der Waals surface area contributed by atoms with E-state index in [0.29, 0.717) is 5.82 Å². The number of anilines is 1. The summed E-state index contributed by atoms with van der Waals surface area (Å²) in [6.07, 6.45) is 5.17. The molecular weight excluding hydrogens is 262 g/mol. The first-order valence-corrected chi connectivity index (χ1v) is 6.94. The Bertz CT molecular complexity index is 735. The van der Waals surface area contributed by atoms with E-state index in [0.717, 1.165) is 29.7 Å². The summed E-state index contributed by atoms with van der Waals surface area (Å²) in [5, 5.41) is 3.90. The summed E-state index contributed by atoms with van der Waals surface area (Å²) >= 11 is 0. The summed E-state index contributed by atoms with van der Waals surface area (Å²) in [6, 6.07) is 12.3. The molecule has 4 nitrogen and oxygen atoms in total. The van der Waals surface area contributed by atoms with Crippen LogP contribution in [0, 0.1) is 6.92 Å². The van der Waals surface area contributed by atoms with Crippen molar-refractivity contribution in [3.63, 3.8) is 0 Å². The number of pyridine rings is 1. The Morgan fingerprint density at radius 1 is 1.14 bits per heavy atom. The maximum atomic E-state index is 5.93. The summed E-state index contributed by atoms with van der Waals surface area (Å²) in [5.41, 5.74) is 10.3. The van der Waals surface area contributed by atoms with Crippen LogP contribution in [0.2, 0.25) is 0 Å². The first-order chi connectivity index (χ1) is 10.2. The average molecular weight is 279 g/mol. The molecule has 4 heteroatoms. The first-order valence-electron chi connectivity index (χ1n) is 6.94. The smallest absolute Gasteiger partial charge is 0.175 e. The Kier molecular flexibility index (Phi) is 3.69. The van der Waals surface area contributed by atoms with Gasteiger partial charge in [0.25, 0.3) is 0 Å². The summed E-state index contributed by atoms with van der Waals surface area (Å²) in [5.74, 6) is 1.23. The van der Waals surface area contributed by atoms with Crippen LogP contribution in [-0.2, 0) is 12.8 Å². The Hall–Kier alpha value is -2.62. The quantitative estimate of drug-likeness (QED) is 0.794. The zero-order valence-corrected chi connectivity index (χ0v) is 11.9. The van der Waals surface area contributed by atoms with Crippen LogP contribution in [0.3, 0.4) is 0 Å².